The molecule has 164 valence electrons. The topological polar surface area (TPSA) is 90.2 Å². The number of pyridine rings is 1. The van der Waals surface area contributed by atoms with Crippen molar-refractivity contribution in [3.8, 4) is 0 Å². The molecular formula is C21H34N8O. The molecule has 0 atom stereocenters. The van der Waals surface area contributed by atoms with Gasteiger partial charge in [0, 0.05) is 57.9 Å². The number of fused-ring (bicyclic) bond motifs is 1. The van der Waals surface area contributed by atoms with Crippen LogP contribution in [0.3, 0.4) is 0 Å². The third-order valence-corrected chi connectivity index (χ3v) is 5.03. The summed E-state index contributed by atoms with van der Waals surface area (Å²) in [6.07, 6.45) is 3.76. The number of aliphatic imine (C=N–C) groups is 1. The second-order valence-electron chi connectivity index (χ2n) is 7.87. The Bertz CT molecular complexity index is 838. The van der Waals surface area contributed by atoms with Crippen LogP contribution in [0.5, 0.6) is 0 Å². The van der Waals surface area contributed by atoms with Crippen molar-refractivity contribution >= 4 is 17.5 Å². The molecule has 0 aromatic carbocycles. The molecular weight excluding hydrogens is 380 g/mol. The molecule has 30 heavy (non-hydrogen) atoms. The van der Waals surface area contributed by atoms with Gasteiger partial charge in [0.05, 0.1) is 6.54 Å². The van der Waals surface area contributed by atoms with Gasteiger partial charge < -0.3 is 15.5 Å². The van der Waals surface area contributed by atoms with Crippen molar-refractivity contribution in [3.05, 3.63) is 30.2 Å². The summed E-state index contributed by atoms with van der Waals surface area (Å²) in [5, 5.41) is 14.9. The molecule has 1 saturated heterocycles. The summed E-state index contributed by atoms with van der Waals surface area (Å²) < 4.78 is 2.03. The molecule has 3 heterocycles. The van der Waals surface area contributed by atoms with Crippen molar-refractivity contribution in [3.63, 3.8) is 0 Å². The van der Waals surface area contributed by atoms with Gasteiger partial charge in [-0.3, -0.25) is 19.1 Å². The summed E-state index contributed by atoms with van der Waals surface area (Å²) in [4.78, 5) is 21.3. The highest BCUT2D eigenvalue weighted by Gasteiger charge is 2.21. The largest absolute Gasteiger partial charge is 0.357 e. The predicted octanol–water partition coefficient (Wildman–Crippen LogP) is 0.770. The first-order valence-electron chi connectivity index (χ1n) is 10.9. The van der Waals surface area contributed by atoms with E-state index in [4.69, 9.17) is 4.99 Å². The third-order valence-electron chi connectivity index (χ3n) is 5.03. The Morgan fingerprint density at radius 3 is 2.73 bits per heavy atom. The molecule has 9 nitrogen and oxygen atoms in total. The van der Waals surface area contributed by atoms with E-state index in [2.05, 4.69) is 37.6 Å². The molecule has 9 heteroatoms. The number of hydrogen-bond donors (Lipinski definition) is 2. The zero-order valence-corrected chi connectivity index (χ0v) is 18.3. The normalized spacial score (nSPS) is 15.7. The number of carbonyl (C=O) groups excluding carboxylic acids is 1. The van der Waals surface area contributed by atoms with E-state index >= 15 is 0 Å². The number of carbonyl (C=O) groups is 1. The summed E-state index contributed by atoms with van der Waals surface area (Å²) in [6, 6.07) is 6.11. The van der Waals surface area contributed by atoms with Gasteiger partial charge in [0.15, 0.2) is 11.6 Å². The highest BCUT2D eigenvalue weighted by molar-refractivity contribution is 5.80. The van der Waals surface area contributed by atoms with Crippen LogP contribution >= 0.6 is 0 Å². The number of hydrogen-bond acceptors (Lipinski definition) is 5. The predicted molar refractivity (Wildman–Crippen MR) is 119 cm³/mol. The lowest BCUT2D eigenvalue weighted by molar-refractivity contribution is -0.123. The van der Waals surface area contributed by atoms with Crippen molar-refractivity contribution in [2.75, 3.05) is 45.8 Å². The quantitative estimate of drug-likeness (QED) is 0.377. The number of amides is 1. The van der Waals surface area contributed by atoms with Crippen LogP contribution < -0.4 is 10.6 Å². The lowest BCUT2D eigenvalue weighted by atomic mass is 10.3. The van der Waals surface area contributed by atoms with E-state index in [1.807, 2.05) is 42.6 Å². The molecule has 0 spiro atoms. The molecule has 0 radical (unpaired) electrons. The standard InChI is InChI=1S/C21H34N8O/c1-4-22-21(28-14-12-27(13-15-28)16-20(30)24-17(2)3)23-10-7-9-19-26-25-18-8-5-6-11-29(18)19/h5-6,8,11,17H,4,7,9-10,12-16H2,1-3H3,(H,22,23)(H,24,30). The van der Waals surface area contributed by atoms with Gasteiger partial charge in [-0.25, -0.2) is 0 Å². The smallest absolute Gasteiger partial charge is 0.234 e. The van der Waals surface area contributed by atoms with Gasteiger partial charge in [-0.2, -0.15) is 0 Å². The molecule has 0 aliphatic carbocycles. The fourth-order valence-electron chi connectivity index (χ4n) is 3.60. The van der Waals surface area contributed by atoms with Crippen LogP contribution in [-0.2, 0) is 11.2 Å². The third kappa shape index (κ3) is 6.16. The maximum atomic E-state index is 12.0. The van der Waals surface area contributed by atoms with Crippen molar-refractivity contribution < 1.29 is 4.79 Å². The van der Waals surface area contributed by atoms with Crippen LogP contribution in [0.1, 0.15) is 33.0 Å². The molecule has 0 saturated carbocycles. The molecule has 0 bridgehead atoms. The van der Waals surface area contributed by atoms with E-state index in [1.165, 1.54) is 0 Å². The van der Waals surface area contributed by atoms with Crippen LogP contribution in [0.15, 0.2) is 29.4 Å². The van der Waals surface area contributed by atoms with Gasteiger partial charge >= 0.3 is 0 Å². The van der Waals surface area contributed by atoms with Crippen LogP contribution in [0.2, 0.25) is 0 Å². The molecule has 2 aromatic rings. The first-order valence-corrected chi connectivity index (χ1v) is 10.9. The molecule has 2 aromatic heterocycles. The second-order valence-corrected chi connectivity index (χ2v) is 7.87. The lowest BCUT2D eigenvalue weighted by Gasteiger charge is -2.36. The van der Waals surface area contributed by atoms with Gasteiger partial charge in [0.25, 0.3) is 0 Å². The van der Waals surface area contributed by atoms with Gasteiger partial charge in [-0.1, -0.05) is 6.07 Å². The molecule has 1 aliphatic rings. The van der Waals surface area contributed by atoms with E-state index in [9.17, 15) is 4.79 Å². The Balaban J connectivity index is 1.47. The van der Waals surface area contributed by atoms with Gasteiger partial charge in [-0.15, -0.1) is 10.2 Å². The molecule has 0 unspecified atom stereocenters. The number of aromatic nitrogens is 3. The highest BCUT2D eigenvalue weighted by atomic mass is 16.2. The molecule has 2 N–H and O–H groups in total. The number of aryl methyl sites for hydroxylation is 1. The monoisotopic (exact) mass is 414 g/mol. The van der Waals surface area contributed by atoms with Gasteiger partial charge in [-0.05, 0) is 39.3 Å². The minimum Gasteiger partial charge on any atom is -0.357 e. The Morgan fingerprint density at radius 2 is 2.00 bits per heavy atom. The Labute approximate surface area is 178 Å². The molecule has 1 fully saturated rings. The number of guanidine groups is 1. The second kappa shape index (κ2) is 10.9. The minimum absolute atomic E-state index is 0.0972. The lowest BCUT2D eigenvalue weighted by Crippen LogP contribution is -2.54. The van der Waals surface area contributed by atoms with E-state index in [0.717, 1.165) is 69.5 Å². The van der Waals surface area contributed by atoms with E-state index < -0.39 is 0 Å². The first-order chi connectivity index (χ1) is 14.6. The fourth-order valence-corrected chi connectivity index (χ4v) is 3.60. The van der Waals surface area contributed by atoms with Crippen LogP contribution in [0, 0.1) is 0 Å². The first kappa shape index (κ1) is 22.0. The summed E-state index contributed by atoms with van der Waals surface area (Å²) in [6.45, 7) is 11.6. The maximum Gasteiger partial charge on any atom is 0.234 e. The molecule has 3 rings (SSSR count). The maximum absolute atomic E-state index is 12.0. The van der Waals surface area contributed by atoms with E-state index in [1.54, 1.807) is 0 Å². The Morgan fingerprint density at radius 1 is 1.20 bits per heavy atom. The van der Waals surface area contributed by atoms with Gasteiger partial charge in [0.1, 0.15) is 5.82 Å². The van der Waals surface area contributed by atoms with Crippen molar-refractivity contribution in [2.45, 2.75) is 39.7 Å². The van der Waals surface area contributed by atoms with Crippen LogP contribution in [0.25, 0.3) is 5.65 Å². The number of piperazine rings is 1. The van der Waals surface area contributed by atoms with Gasteiger partial charge in [0.2, 0.25) is 5.91 Å². The Kier molecular flexibility index (Phi) is 8.01. The number of rotatable bonds is 8. The van der Waals surface area contributed by atoms with Crippen LogP contribution in [0.4, 0.5) is 0 Å². The fraction of sp³-hybridized carbons (Fsp3) is 0.619. The van der Waals surface area contributed by atoms with E-state index in [-0.39, 0.29) is 11.9 Å². The minimum atomic E-state index is 0.0972. The van der Waals surface area contributed by atoms with Crippen molar-refractivity contribution in [1.29, 1.82) is 0 Å². The summed E-state index contributed by atoms with van der Waals surface area (Å²) >= 11 is 0. The van der Waals surface area contributed by atoms with Crippen LogP contribution in [-0.4, -0.2) is 88.1 Å². The summed E-state index contributed by atoms with van der Waals surface area (Å²) in [7, 11) is 0. The zero-order valence-electron chi connectivity index (χ0n) is 18.3. The zero-order chi connectivity index (χ0) is 21.3. The average Bonchev–Trinajstić information content (AvgIpc) is 3.13. The highest BCUT2D eigenvalue weighted by Crippen LogP contribution is 2.06. The SMILES string of the molecule is CCNC(=NCCCc1nnc2ccccn12)N1CCN(CC(=O)NC(C)C)CC1. The Hall–Kier alpha value is -2.68. The van der Waals surface area contributed by atoms with Crippen molar-refractivity contribution in [2.24, 2.45) is 4.99 Å². The molecule has 1 aliphatic heterocycles. The number of nitrogens with zero attached hydrogens (tertiary/aromatic N) is 6. The van der Waals surface area contributed by atoms with Crippen molar-refractivity contribution in [1.82, 2.24) is 35.0 Å². The molecule has 1 amide bonds. The van der Waals surface area contributed by atoms with E-state index in [0.29, 0.717) is 6.54 Å². The average molecular weight is 415 g/mol. The number of nitrogens with one attached hydrogen (secondary N) is 2. The summed E-state index contributed by atoms with van der Waals surface area (Å²) in [5.41, 5.74) is 0.879. The summed E-state index contributed by atoms with van der Waals surface area (Å²) in [5.74, 6) is 2.02.